The summed E-state index contributed by atoms with van der Waals surface area (Å²) in [5, 5.41) is 11.9. The van der Waals surface area contributed by atoms with Crippen molar-refractivity contribution in [3.63, 3.8) is 0 Å². The molecule has 0 aliphatic carbocycles. The summed E-state index contributed by atoms with van der Waals surface area (Å²) in [6.45, 7) is 6.31. The van der Waals surface area contributed by atoms with Crippen molar-refractivity contribution in [1.29, 1.82) is 0 Å². The Hall–Kier alpha value is -1.97. The average molecular weight is 395 g/mol. The lowest BCUT2D eigenvalue weighted by Gasteiger charge is -2.29. The van der Waals surface area contributed by atoms with E-state index in [2.05, 4.69) is 5.32 Å². The SMILES string of the molecule is CCCn1c(=O)n(CC(=O)NCCO)c(=O)c2c3c(sc21)COC(C)(C)C3. The van der Waals surface area contributed by atoms with Crippen LogP contribution in [0.15, 0.2) is 9.59 Å². The summed E-state index contributed by atoms with van der Waals surface area (Å²) in [6, 6.07) is 0. The fourth-order valence-corrected chi connectivity index (χ4v) is 4.60. The summed E-state index contributed by atoms with van der Waals surface area (Å²) in [6.07, 6.45) is 1.31. The van der Waals surface area contributed by atoms with Crippen LogP contribution in [0.5, 0.6) is 0 Å². The van der Waals surface area contributed by atoms with Crippen molar-refractivity contribution in [1.82, 2.24) is 14.5 Å². The number of aliphatic hydroxyl groups is 1. The van der Waals surface area contributed by atoms with Gasteiger partial charge in [-0.05, 0) is 25.8 Å². The molecule has 3 rings (SSSR count). The van der Waals surface area contributed by atoms with E-state index in [-0.39, 0.29) is 25.3 Å². The van der Waals surface area contributed by atoms with E-state index in [1.54, 1.807) is 4.57 Å². The summed E-state index contributed by atoms with van der Waals surface area (Å²) < 4.78 is 8.45. The summed E-state index contributed by atoms with van der Waals surface area (Å²) in [5.41, 5.74) is -0.378. The number of nitrogens with one attached hydrogen (secondary N) is 1. The molecule has 0 fully saturated rings. The second-order valence-corrected chi connectivity index (χ2v) is 8.39. The second kappa shape index (κ2) is 7.57. The molecule has 0 bridgehead atoms. The van der Waals surface area contributed by atoms with Crippen LogP contribution in [0.4, 0.5) is 0 Å². The molecule has 1 amide bonds. The van der Waals surface area contributed by atoms with Crippen LogP contribution in [-0.2, 0) is 35.6 Å². The van der Waals surface area contributed by atoms with Crippen LogP contribution in [0.25, 0.3) is 10.2 Å². The molecule has 2 aromatic heterocycles. The first-order chi connectivity index (χ1) is 12.8. The van der Waals surface area contributed by atoms with Gasteiger partial charge in [-0.3, -0.25) is 18.7 Å². The lowest BCUT2D eigenvalue weighted by atomic mass is 9.94. The number of hydrogen-bond donors (Lipinski definition) is 2. The predicted molar refractivity (Wildman–Crippen MR) is 103 cm³/mol. The number of aliphatic hydroxyl groups excluding tert-OH is 1. The minimum absolute atomic E-state index is 0.0817. The van der Waals surface area contributed by atoms with Crippen LogP contribution >= 0.6 is 11.3 Å². The number of aryl methyl sites for hydroxylation is 1. The first kappa shape index (κ1) is 19.8. The van der Waals surface area contributed by atoms with Crippen LogP contribution in [-0.4, -0.2) is 38.9 Å². The average Bonchev–Trinajstić information content (AvgIpc) is 2.97. The van der Waals surface area contributed by atoms with Gasteiger partial charge in [-0.25, -0.2) is 4.79 Å². The standard InChI is InChI=1S/C18H25N3O5S/c1-4-6-20-16-14(11-8-18(2,3)26-10-12(11)27-16)15(24)21(17(20)25)9-13(23)19-5-7-22/h22H,4-10H2,1-3H3,(H,19,23). The van der Waals surface area contributed by atoms with Crippen molar-refractivity contribution in [2.45, 2.75) is 58.9 Å². The molecule has 0 spiro atoms. The van der Waals surface area contributed by atoms with E-state index >= 15 is 0 Å². The van der Waals surface area contributed by atoms with E-state index in [0.717, 1.165) is 21.4 Å². The van der Waals surface area contributed by atoms with Gasteiger partial charge >= 0.3 is 5.69 Å². The predicted octanol–water partition coefficient (Wildman–Crippen LogP) is 0.595. The van der Waals surface area contributed by atoms with Crippen LogP contribution in [0, 0.1) is 0 Å². The van der Waals surface area contributed by atoms with Crippen molar-refractivity contribution < 1.29 is 14.6 Å². The lowest BCUT2D eigenvalue weighted by Crippen LogP contribution is -2.44. The second-order valence-electron chi connectivity index (χ2n) is 7.31. The molecular formula is C18H25N3O5S. The molecule has 8 nitrogen and oxygen atoms in total. The molecule has 148 valence electrons. The Morgan fingerprint density at radius 3 is 2.74 bits per heavy atom. The number of fused-ring (bicyclic) bond motifs is 3. The van der Waals surface area contributed by atoms with Gasteiger partial charge in [0.1, 0.15) is 11.4 Å². The maximum Gasteiger partial charge on any atom is 0.332 e. The highest BCUT2D eigenvalue weighted by Crippen LogP contribution is 2.37. The Labute approximate surface area is 160 Å². The molecule has 1 aliphatic rings. The zero-order chi connectivity index (χ0) is 19.8. The molecule has 2 aromatic rings. The minimum atomic E-state index is -0.479. The third kappa shape index (κ3) is 3.71. The topological polar surface area (TPSA) is 103 Å². The van der Waals surface area contributed by atoms with E-state index in [4.69, 9.17) is 9.84 Å². The number of carbonyl (C=O) groups is 1. The summed E-state index contributed by atoms with van der Waals surface area (Å²) in [4.78, 5) is 39.7. The highest BCUT2D eigenvalue weighted by molar-refractivity contribution is 7.18. The van der Waals surface area contributed by atoms with E-state index < -0.39 is 17.2 Å². The van der Waals surface area contributed by atoms with Gasteiger partial charge in [-0.1, -0.05) is 6.92 Å². The third-order valence-electron chi connectivity index (χ3n) is 4.62. The smallest absolute Gasteiger partial charge is 0.332 e. The van der Waals surface area contributed by atoms with E-state index in [1.807, 2.05) is 20.8 Å². The molecule has 0 aromatic carbocycles. The maximum absolute atomic E-state index is 13.1. The molecule has 2 N–H and O–H groups in total. The van der Waals surface area contributed by atoms with E-state index in [1.165, 1.54) is 11.3 Å². The molecule has 0 radical (unpaired) electrons. The van der Waals surface area contributed by atoms with Crippen molar-refractivity contribution in [2.75, 3.05) is 13.2 Å². The van der Waals surface area contributed by atoms with Crippen LogP contribution in [0.1, 0.15) is 37.6 Å². The Morgan fingerprint density at radius 1 is 1.33 bits per heavy atom. The van der Waals surface area contributed by atoms with Crippen molar-refractivity contribution >= 4 is 27.5 Å². The highest BCUT2D eigenvalue weighted by Gasteiger charge is 2.32. The number of amides is 1. The quantitative estimate of drug-likeness (QED) is 0.745. The third-order valence-corrected chi connectivity index (χ3v) is 5.85. The van der Waals surface area contributed by atoms with Gasteiger partial charge in [-0.15, -0.1) is 11.3 Å². The Morgan fingerprint density at radius 2 is 2.07 bits per heavy atom. The van der Waals surface area contributed by atoms with Gasteiger partial charge < -0.3 is 15.2 Å². The van der Waals surface area contributed by atoms with Gasteiger partial charge in [0.25, 0.3) is 5.56 Å². The fourth-order valence-electron chi connectivity index (χ4n) is 3.36. The maximum atomic E-state index is 13.1. The van der Waals surface area contributed by atoms with Gasteiger partial charge in [0, 0.05) is 24.4 Å². The summed E-state index contributed by atoms with van der Waals surface area (Å²) >= 11 is 1.43. The van der Waals surface area contributed by atoms with Crippen LogP contribution < -0.4 is 16.6 Å². The monoisotopic (exact) mass is 395 g/mol. The number of nitrogens with zero attached hydrogens (tertiary/aromatic N) is 2. The van der Waals surface area contributed by atoms with Crippen molar-refractivity contribution in [3.8, 4) is 0 Å². The Bertz CT molecular complexity index is 986. The number of rotatable bonds is 6. The first-order valence-electron chi connectivity index (χ1n) is 9.08. The zero-order valence-electron chi connectivity index (χ0n) is 15.8. The highest BCUT2D eigenvalue weighted by atomic mass is 32.1. The van der Waals surface area contributed by atoms with Gasteiger partial charge in [0.2, 0.25) is 5.91 Å². The normalized spacial score (nSPS) is 15.7. The number of thiophene rings is 1. The lowest BCUT2D eigenvalue weighted by molar-refractivity contribution is -0.121. The Kier molecular flexibility index (Phi) is 5.55. The molecule has 9 heteroatoms. The minimum Gasteiger partial charge on any atom is -0.395 e. The summed E-state index contributed by atoms with van der Waals surface area (Å²) in [5.74, 6) is -0.474. The van der Waals surface area contributed by atoms with Gasteiger partial charge in [0.15, 0.2) is 0 Å². The molecule has 0 saturated heterocycles. The van der Waals surface area contributed by atoms with Crippen molar-refractivity contribution in [2.24, 2.45) is 0 Å². The molecule has 1 aliphatic heterocycles. The molecule has 0 saturated carbocycles. The largest absolute Gasteiger partial charge is 0.395 e. The van der Waals surface area contributed by atoms with Gasteiger partial charge in [0.05, 0.1) is 24.2 Å². The molecule has 0 atom stereocenters. The first-order valence-corrected chi connectivity index (χ1v) is 9.90. The Balaban J connectivity index is 2.20. The number of carbonyl (C=O) groups excluding carboxylic acids is 1. The number of hydrogen-bond acceptors (Lipinski definition) is 6. The van der Waals surface area contributed by atoms with Crippen molar-refractivity contribution in [3.05, 3.63) is 31.3 Å². The zero-order valence-corrected chi connectivity index (χ0v) is 16.6. The molecule has 0 unspecified atom stereocenters. The van der Waals surface area contributed by atoms with Crippen LogP contribution in [0.3, 0.4) is 0 Å². The van der Waals surface area contributed by atoms with E-state index in [9.17, 15) is 14.4 Å². The molecular weight excluding hydrogens is 370 g/mol. The van der Waals surface area contributed by atoms with Gasteiger partial charge in [-0.2, -0.15) is 0 Å². The molecule has 27 heavy (non-hydrogen) atoms. The number of ether oxygens (including phenoxy) is 1. The fraction of sp³-hybridized carbons (Fsp3) is 0.611. The van der Waals surface area contributed by atoms with Crippen LogP contribution in [0.2, 0.25) is 0 Å². The summed E-state index contributed by atoms with van der Waals surface area (Å²) in [7, 11) is 0. The van der Waals surface area contributed by atoms with E-state index in [0.29, 0.717) is 29.8 Å². The molecule has 3 heterocycles. The number of aromatic nitrogens is 2.